The van der Waals surface area contributed by atoms with Gasteiger partial charge in [0.2, 0.25) is 0 Å². The second kappa shape index (κ2) is 10.4. The Bertz CT molecular complexity index is 1210. The average Bonchev–Trinajstić information content (AvgIpc) is 3.38. The van der Waals surface area contributed by atoms with Crippen molar-refractivity contribution >= 4 is 17.5 Å². The van der Waals surface area contributed by atoms with E-state index in [-0.39, 0.29) is 49.3 Å². The van der Waals surface area contributed by atoms with E-state index >= 15 is 0 Å². The third-order valence-electron chi connectivity index (χ3n) is 6.25. The Balaban J connectivity index is 0.00000342. The van der Waals surface area contributed by atoms with Gasteiger partial charge in [-0.1, -0.05) is 31.2 Å². The summed E-state index contributed by atoms with van der Waals surface area (Å²) in [5, 5.41) is 16.2. The molecule has 4 rings (SSSR count). The third-order valence-corrected chi connectivity index (χ3v) is 6.25. The molecule has 1 fully saturated rings. The number of aromatic carboxylic acids is 1. The Morgan fingerprint density at radius 3 is 2.54 bits per heavy atom. The first-order valence-electron chi connectivity index (χ1n) is 11.3. The van der Waals surface area contributed by atoms with Crippen LogP contribution in [0, 0.1) is 0 Å². The van der Waals surface area contributed by atoms with Crippen molar-refractivity contribution in [2.75, 3.05) is 23.7 Å². The van der Waals surface area contributed by atoms with Crippen LogP contribution in [0.15, 0.2) is 42.7 Å². The molecule has 1 aliphatic heterocycles. The van der Waals surface area contributed by atoms with Crippen molar-refractivity contribution in [2.45, 2.75) is 51.5 Å². The van der Waals surface area contributed by atoms with Crippen LogP contribution in [0.3, 0.4) is 0 Å². The number of halogens is 2. The standard InChI is InChI=1S/C25H29F2N5O2.Li/c1-15(2)32-13-20(24(33)34)22(30-32)16(3)12-17-6-4-5-7-18(17)19-8-10-29-23(21(19)28)31-11-9-25(26,27)14-31;/h4-8,10,13,15-16H,9,11-12,14,28H2,1-3H3,(H,33,34);/q;+1/p-1. The van der Waals surface area contributed by atoms with E-state index in [1.54, 1.807) is 16.9 Å². The van der Waals surface area contributed by atoms with E-state index in [1.807, 2.05) is 45.0 Å². The zero-order chi connectivity index (χ0) is 24.6. The SMILES string of the molecule is CC(Cc1ccccc1-c1ccnc(N2CCC(F)(F)C2)c1N)c1nn(C(C)C)cc1C(=O)[O-].[Li+]. The number of hydrogen-bond donors (Lipinski definition) is 1. The number of alkyl halides is 2. The molecule has 1 saturated heterocycles. The molecule has 0 radical (unpaired) electrons. The predicted octanol–water partition coefficient (Wildman–Crippen LogP) is 0.667. The molecule has 10 heteroatoms. The summed E-state index contributed by atoms with van der Waals surface area (Å²) in [5.41, 5.74) is 9.83. The number of carboxylic acids is 1. The van der Waals surface area contributed by atoms with Gasteiger partial charge in [-0.2, -0.15) is 5.10 Å². The largest absolute Gasteiger partial charge is 1.00 e. The number of aromatic nitrogens is 3. The van der Waals surface area contributed by atoms with E-state index in [2.05, 4.69) is 10.1 Å². The van der Waals surface area contributed by atoms with Crippen LogP contribution in [0.2, 0.25) is 0 Å². The van der Waals surface area contributed by atoms with Gasteiger partial charge in [0, 0.05) is 48.4 Å². The van der Waals surface area contributed by atoms with Crippen molar-refractivity contribution < 1.29 is 37.5 Å². The smallest absolute Gasteiger partial charge is 0.545 e. The van der Waals surface area contributed by atoms with Gasteiger partial charge in [0.15, 0.2) is 5.82 Å². The molecule has 7 nitrogen and oxygen atoms in total. The van der Waals surface area contributed by atoms with Gasteiger partial charge in [-0.3, -0.25) is 4.68 Å². The van der Waals surface area contributed by atoms with Crippen molar-refractivity contribution in [1.29, 1.82) is 0 Å². The maximum absolute atomic E-state index is 13.8. The summed E-state index contributed by atoms with van der Waals surface area (Å²) in [5.74, 6) is -3.87. The van der Waals surface area contributed by atoms with E-state index < -0.39 is 18.4 Å². The van der Waals surface area contributed by atoms with E-state index in [4.69, 9.17) is 5.73 Å². The summed E-state index contributed by atoms with van der Waals surface area (Å²) in [6.45, 7) is 5.56. The second-order valence-electron chi connectivity index (χ2n) is 9.17. The van der Waals surface area contributed by atoms with Crippen LogP contribution in [-0.2, 0) is 6.42 Å². The summed E-state index contributed by atoms with van der Waals surface area (Å²) in [6.07, 6.45) is 3.37. The van der Waals surface area contributed by atoms with Crippen LogP contribution < -0.4 is 34.6 Å². The molecule has 0 aliphatic carbocycles. The molecule has 1 aliphatic rings. The molecule has 0 saturated carbocycles. The molecule has 0 bridgehead atoms. The molecule has 2 aromatic heterocycles. The van der Waals surface area contributed by atoms with Crippen LogP contribution in [0.5, 0.6) is 0 Å². The molecule has 1 unspecified atom stereocenters. The minimum absolute atomic E-state index is 0. The molecule has 0 spiro atoms. The predicted molar refractivity (Wildman–Crippen MR) is 125 cm³/mol. The van der Waals surface area contributed by atoms with Gasteiger partial charge in [-0.05, 0) is 37.5 Å². The Morgan fingerprint density at radius 1 is 1.20 bits per heavy atom. The number of hydrogen-bond acceptors (Lipinski definition) is 6. The Labute approximate surface area is 215 Å². The number of nitrogens with zero attached hydrogens (tertiary/aromatic N) is 4. The Kier molecular flexibility index (Phi) is 7.92. The Hall–Kier alpha value is -2.89. The zero-order valence-electron chi connectivity index (χ0n) is 20.5. The number of nitrogen functional groups attached to an aromatic ring is 1. The molecular formula is C25H28F2LiN5O2. The fourth-order valence-electron chi connectivity index (χ4n) is 4.44. The van der Waals surface area contributed by atoms with Gasteiger partial charge < -0.3 is 20.5 Å². The van der Waals surface area contributed by atoms with Gasteiger partial charge in [0.1, 0.15) is 0 Å². The summed E-state index contributed by atoms with van der Waals surface area (Å²) in [7, 11) is 0. The fourth-order valence-corrected chi connectivity index (χ4v) is 4.44. The molecule has 3 aromatic rings. The van der Waals surface area contributed by atoms with Crippen LogP contribution in [-0.4, -0.2) is 39.7 Å². The molecule has 0 amide bonds. The van der Waals surface area contributed by atoms with E-state index in [0.29, 0.717) is 29.2 Å². The number of carbonyl (C=O) groups is 1. The molecular weight excluding hydrogens is 447 g/mol. The number of anilines is 2. The number of rotatable bonds is 7. The van der Waals surface area contributed by atoms with Gasteiger partial charge in [-0.25, -0.2) is 13.8 Å². The van der Waals surface area contributed by atoms with Crippen molar-refractivity contribution in [3.63, 3.8) is 0 Å². The summed E-state index contributed by atoms with van der Waals surface area (Å²) >= 11 is 0. The first kappa shape index (κ1) is 26.7. The number of nitrogens with two attached hydrogens (primary N) is 1. The number of carbonyl (C=O) groups excluding carboxylic acids is 1. The van der Waals surface area contributed by atoms with Gasteiger partial charge in [-0.15, -0.1) is 0 Å². The quantitative estimate of drug-likeness (QED) is 0.505. The topological polar surface area (TPSA) is 100 Å². The average molecular weight is 475 g/mol. The van der Waals surface area contributed by atoms with Crippen LogP contribution in [0.1, 0.15) is 60.8 Å². The fraction of sp³-hybridized carbons (Fsp3) is 0.400. The monoisotopic (exact) mass is 475 g/mol. The molecule has 1 atom stereocenters. The number of carboxylic acid groups (broad SMARTS) is 1. The molecule has 35 heavy (non-hydrogen) atoms. The minimum Gasteiger partial charge on any atom is -0.545 e. The van der Waals surface area contributed by atoms with Crippen LogP contribution in [0.4, 0.5) is 20.3 Å². The molecule has 2 N–H and O–H groups in total. The normalized spacial score (nSPS) is 15.8. The van der Waals surface area contributed by atoms with Gasteiger partial charge >= 0.3 is 18.9 Å². The molecule has 1 aromatic carbocycles. The minimum atomic E-state index is -2.76. The van der Waals surface area contributed by atoms with Crippen molar-refractivity contribution in [1.82, 2.24) is 14.8 Å². The maximum atomic E-state index is 13.8. The maximum Gasteiger partial charge on any atom is 1.00 e. The summed E-state index contributed by atoms with van der Waals surface area (Å²) in [4.78, 5) is 17.5. The van der Waals surface area contributed by atoms with Crippen LogP contribution in [0.25, 0.3) is 11.1 Å². The zero-order valence-corrected chi connectivity index (χ0v) is 20.5. The van der Waals surface area contributed by atoms with Crippen molar-refractivity contribution in [2.24, 2.45) is 0 Å². The van der Waals surface area contributed by atoms with Crippen molar-refractivity contribution in [3.8, 4) is 11.1 Å². The summed E-state index contributed by atoms with van der Waals surface area (Å²) in [6, 6.07) is 9.44. The molecule has 3 heterocycles. The molecule has 180 valence electrons. The first-order valence-corrected chi connectivity index (χ1v) is 11.3. The Morgan fingerprint density at radius 2 is 1.91 bits per heavy atom. The van der Waals surface area contributed by atoms with Gasteiger partial charge in [0.25, 0.3) is 5.92 Å². The first-order chi connectivity index (χ1) is 16.1. The third kappa shape index (κ3) is 5.52. The van der Waals surface area contributed by atoms with Crippen LogP contribution >= 0.6 is 0 Å². The van der Waals surface area contributed by atoms with E-state index in [1.165, 1.54) is 11.1 Å². The van der Waals surface area contributed by atoms with E-state index in [0.717, 1.165) is 11.1 Å². The number of benzene rings is 1. The second-order valence-corrected chi connectivity index (χ2v) is 9.17. The van der Waals surface area contributed by atoms with Crippen molar-refractivity contribution in [3.05, 3.63) is 59.5 Å². The van der Waals surface area contributed by atoms with Gasteiger partial charge in [0.05, 0.1) is 23.9 Å². The number of pyridine rings is 1. The summed E-state index contributed by atoms with van der Waals surface area (Å²) < 4.78 is 29.2. The van der Waals surface area contributed by atoms with E-state index in [9.17, 15) is 18.7 Å².